The summed E-state index contributed by atoms with van der Waals surface area (Å²) in [7, 11) is 0. The molecule has 84 valence electrons. The number of likely N-dealkylation sites (tertiary alicyclic amines) is 1. The smallest absolute Gasteiger partial charge is 0.125 e. The minimum absolute atomic E-state index is 0.179. The van der Waals surface area contributed by atoms with E-state index in [0.29, 0.717) is 0 Å². The lowest BCUT2D eigenvalue weighted by atomic mass is 10.1. The van der Waals surface area contributed by atoms with E-state index in [1.165, 1.54) is 37.6 Å². The topological polar surface area (TPSA) is 19.0 Å². The minimum Gasteiger partial charge on any atom is -0.361 e. The van der Waals surface area contributed by atoms with Gasteiger partial charge in [-0.1, -0.05) is 0 Å². The Morgan fingerprint density at radius 1 is 1.25 bits per heavy atom. The highest BCUT2D eigenvalue weighted by atomic mass is 19.1. The number of hydrogen-bond acceptors (Lipinski definition) is 1. The summed E-state index contributed by atoms with van der Waals surface area (Å²) in [6.07, 6.45) is 4.61. The first-order valence-electron chi connectivity index (χ1n) is 5.81. The van der Waals surface area contributed by atoms with Gasteiger partial charge in [-0.2, -0.15) is 0 Å². The zero-order valence-electron chi connectivity index (χ0n) is 9.17. The van der Waals surface area contributed by atoms with Gasteiger partial charge in [0.1, 0.15) is 5.82 Å². The molecule has 16 heavy (non-hydrogen) atoms. The minimum atomic E-state index is -0.179. The van der Waals surface area contributed by atoms with Crippen LogP contribution < -0.4 is 0 Å². The Bertz CT molecular complexity index is 498. The van der Waals surface area contributed by atoms with Gasteiger partial charge >= 0.3 is 0 Å². The molecule has 1 fully saturated rings. The van der Waals surface area contributed by atoms with Gasteiger partial charge in [-0.25, -0.2) is 4.39 Å². The largest absolute Gasteiger partial charge is 0.361 e. The molecule has 0 saturated carbocycles. The van der Waals surface area contributed by atoms with Crippen LogP contribution in [0.4, 0.5) is 4.39 Å². The fourth-order valence-corrected chi connectivity index (χ4v) is 2.47. The van der Waals surface area contributed by atoms with Crippen molar-refractivity contribution in [3.05, 3.63) is 35.8 Å². The van der Waals surface area contributed by atoms with Gasteiger partial charge in [0.25, 0.3) is 0 Å². The van der Waals surface area contributed by atoms with E-state index in [-0.39, 0.29) is 5.82 Å². The lowest BCUT2D eigenvalue weighted by molar-refractivity contribution is 0.332. The van der Waals surface area contributed by atoms with Gasteiger partial charge in [0, 0.05) is 23.6 Å². The lowest BCUT2D eigenvalue weighted by Gasteiger charge is -2.13. The monoisotopic (exact) mass is 218 g/mol. The number of aromatic amines is 1. The Balaban J connectivity index is 1.91. The highest BCUT2D eigenvalue weighted by Crippen LogP contribution is 2.22. The Kier molecular flexibility index (Phi) is 2.40. The third kappa shape index (κ3) is 1.71. The summed E-state index contributed by atoms with van der Waals surface area (Å²) in [5.74, 6) is -0.179. The van der Waals surface area contributed by atoms with Crippen molar-refractivity contribution in [3.63, 3.8) is 0 Å². The zero-order chi connectivity index (χ0) is 11.0. The first-order valence-corrected chi connectivity index (χ1v) is 5.81. The van der Waals surface area contributed by atoms with E-state index in [4.69, 9.17) is 0 Å². The summed E-state index contributed by atoms with van der Waals surface area (Å²) in [6, 6.07) is 4.96. The predicted octanol–water partition coefficient (Wildman–Crippen LogP) is 2.90. The standard InChI is InChI=1S/C13H15FN2/c14-11-3-4-12-10(8-15-13(12)7-11)9-16-5-1-2-6-16/h3-4,7-8,15H,1-2,5-6,9H2. The van der Waals surface area contributed by atoms with Gasteiger partial charge < -0.3 is 4.98 Å². The molecule has 0 aliphatic carbocycles. The molecule has 2 heterocycles. The van der Waals surface area contributed by atoms with Crippen LogP contribution in [0.1, 0.15) is 18.4 Å². The van der Waals surface area contributed by atoms with E-state index < -0.39 is 0 Å². The Morgan fingerprint density at radius 2 is 2.06 bits per heavy atom. The Labute approximate surface area is 94.1 Å². The molecule has 1 saturated heterocycles. The highest BCUT2D eigenvalue weighted by Gasteiger charge is 2.13. The van der Waals surface area contributed by atoms with Crippen LogP contribution in [0.25, 0.3) is 10.9 Å². The fraction of sp³-hybridized carbons (Fsp3) is 0.385. The quantitative estimate of drug-likeness (QED) is 0.821. The summed E-state index contributed by atoms with van der Waals surface area (Å²) in [5.41, 5.74) is 2.17. The summed E-state index contributed by atoms with van der Waals surface area (Å²) in [4.78, 5) is 5.59. The number of halogens is 1. The van der Waals surface area contributed by atoms with Gasteiger partial charge in [0.05, 0.1) is 0 Å². The van der Waals surface area contributed by atoms with Crippen molar-refractivity contribution in [2.75, 3.05) is 13.1 Å². The summed E-state index contributed by atoms with van der Waals surface area (Å²) >= 11 is 0. The van der Waals surface area contributed by atoms with Crippen LogP contribution in [0.5, 0.6) is 0 Å². The maximum Gasteiger partial charge on any atom is 0.125 e. The van der Waals surface area contributed by atoms with Crippen molar-refractivity contribution in [2.45, 2.75) is 19.4 Å². The van der Waals surface area contributed by atoms with Crippen LogP contribution in [0.15, 0.2) is 24.4 Å². The van der Waals surface area contributed by atoms with E-state index in [1.807, 2.05) is 12.3 Å². The molecule has 3 rings (SSSR count). The molecular weight excluding hydrogens is 203 g/mol. The maximum absolute atomic E-state index is 13.0. The first kappa shape index (κ1) is 9.85. The molecule has 1 aliphatic rings. The average molecular weight is 218 g/mol. The molecule has 0 unspecified atom stereocenters. The number of hydrogen-bond donors (Lipinski definition) is 1. The normalized spacial score (nSPS) is 17.3. The van der Waals surface area contributed by atoms with E-state index in [9.17, 15) is 4.39 Å². The lowest BCUT2D eigenvalue weighted by Crippen LogP contribution is -2.17. The Morgan fingerprint density at radius 3 is 2.88 bits per heavy atom. The van der Waals surface area contributed by atoms with E-state index in [1.54, 1.807) is 6.07 Å². The van der Waals surface area contributed by atoms with Gasteiger partial charge in [-0.3, -0.25) is 4.90 Å². The third-order valence-corrected chi connectivity index (χ3v) is 3.32. The van der Waals surface area contributed by atoms with Gasteiger partial charge in [-0.05, 0) is 49.7 Å². The molecule has 1 aliphatic heterocycles. The molecule has 2 nitrogen and oxygen atoms in total. The average Bonchev–Trinajstić information content (AvgIpc) is 2.89. The summed E-state index contributed by atoms with van der Waals surface area (Å²) in [5, 5.41) is 1.15. The van der Waals surface area contributed by atoms with Crippen LogP contribution in [0, 0.1) is 5.82 Å². The van der Waals surface area contributed by atoms with Crippen molar-refractivity contribution < 1.29 is 4.39 Å². The molecule has 0 atom stereocenters. The molecule has 0 spiro atoms. The number of aromatic nitrogens is 1. The number of benzene rings is 1. The van der Waals surface area contributed by atoms with Crippen molar-refractivity contribution >= 4 is 10.9 Å². The molecule has 0 amide bonds. The van der Waals surface area contributed by atoms with Crippen molar-refractivity contribution in [1.29, 1.82) is 0 Å². The molecule has 2 aromatic rings. The molecular formula is C13H15FN2. The maximum atomic E-state index is 13.0. The fourth-order valence-electron chi connectivity index (χ4n) is 2.47. The predicted molar refractivity (Wildman–Crippen MR) is 62.8 cm³/mol. The van der Waals surface area contributed by atoms with E-state index in [0.717, 1.165) is 17.4 Å². The molecule has 1 aromatic carbocycles. The van der Waals surface area contributed by atoms with Crippen LogP contribution in [0.3, 0.4) is 0 Å². The van der Waals surface area contributed by atoms with Crippen LogP contribution in [-0.2, 0) is 6.54 Å². The number of fused-ring (bicyclic) bond motifs is 1. The van der Waals surface area contributed by atoms with E-state index >= 15 is 0 Å². The van der Waals surface area contributed by atoms with Gasteiger partial charge in [-0.15, -0.1) is 0 Å². The molecule has 3 heteroatoms. The number of nitrogens with one attached hydrogen (secondary N) is 1. The highest BCUT2D eigenvalue weighted by molar-refractivity contribution is 5.83. The molecule has 1 N–H and O–H groups in total. The van der Waals surface area contributed by atoms with Crippen LogP contribution in [0.2, 0.25) is 0 Å². The summed E-state index contributed by atoms with van der Waals surface area (Å²) in [6.45, 7) is 3.35. The first-order chi connectivity index (χ1) is 7.83. The Hall–Kier alpha value is -1.35. The second kappa shape index (κ2) is 3.91. The number of H-pyrrole nitrogens is 1. The zero-order valence-corrected chi connectivity index (χ0v) is 9.17. The second-order valence-corrected chi connectivity index (χ2v) is 4.49. The van der Waals surface area contributed by atoms with Crippen molar-refractivity contribution in [1.82, 2.24) is 9.88 Å². The van der Waals surface area contributed by atoms with Gasteiger partial charge in [0.2, 0.25) is 0 Å². The number of rotatable bonds is 2. The third-order valence-electron chi connectivity index (χ3n) is 3.32. The second-order valence-electron chi connectivity index (χ2n) is 4.49. The van der Waals surface area contributed by atoms with Crippen molar-refractivity contribution in [2.24, 2.45) is 0 Å². The summed E-state index contributed by atoms with van der Waals surface area (Å²) < 4.78 is 13.0. The van der Waals surface area contributed by atoms with Crippen molar-refractivity contribution in [3.8, 4) is 0 Å². The number of nitrogens with zero attached hydrogens (tertiary/aromatic N) is 1. The van der Waals surface area contributed by atoms with E-state index in [2.05, 4.69) is 9.88 Å². The van der Waals surface area contributed by atoms with Gasteiger partial charge in [0.15, 0.2) is 0 Å². The van der Waals surface area contributed by atoms with Crippen LogP contribution in [-0.4, -0.2) is 23.0 Å². The molecule has 0 radical (unpaired) electrons. The SMILES string of the molecule is Fc1ccc2c(CN3CCCC3)c[nH]c2c1. The van der Waals surface area contributed by atoms with Crippen LogP contribution >= 0.6 is 0 Å². The molecule has 0 bridgehead atoms. The molecule has 1 aromatic heterocycles.